The van der Waals surface area contributed by atoms with Gasteiger partial charge < -0.3 is 9.47 Å². The Morgan fingerprint density at radius 1 is 1.50 bits per heavy atom. The van der Waals surface area contributed by atoms with E-state index in [4.69, 9.17) is 4.74 Å². The number of sulfonamides is 1. The van der Waals surface area contributed by atoms with Crippen molar-refractivity contribution >= 4 is 27.5 Å². The molecule has 0 N–H and O–H groups in total. The molecular weight excluding hydrogens is 304 g/mol. The lowest BCUT2D eigenvalue weighted by molar-refractivity contribution is -0.158. The van der Waals surface area contributed by atoms with Crippen molar-refractivity contribution in [1.82, 2.24) is 8.68 Å². The summed E-state index contributed by atoms with van der Waals surface area (Å²) in [6.07, 6.45) is -0.727. The first-order valence-electron chi connectivity index (χ1n) is 5.94. The number of hydrogen-bond acceptors (Lipinski definition) is 7. The second kappa shape index (κ2) is 5.76. The van der Waals surface area contributed by atoms with E-state index in [1.54, 1.807) is 13.0 Å². The van der Waals surface area contributed by atoms with Gasteiger partial charge in [0.25, 0.3) is 10.0 Å². The maximum atomic E-state index is 12.3. The SMILES string of the molecule is COC(=O)C(OC)C1CN(S(=O)(=O)c2cc(C)ns2)C1. The molecule has 0 saturated carbocycles. The minimum atomic E-state index is -3.51. The number of methoxy groups -OCH3 is 2. The molecule has 0 bridgehead atoms. The van der Waals surface area contributed by atoms with Crippen molar-refractivity contribution in [1.29, 1.82) is 0 Å². The van der Waals surface area contributed by atoms with Gasteiger partial charge in [-0.2, -0.15) is 8.68 Å². The third-order valence-corrected chi connectivity index (χ3v) is 6.33. The lowest BCUT2D eigenvalue weighted by Gasteiger charge is -2.40. The summed E-state index contributed by atoms with van der Waals surface area (Å²) < 4.78 is 39.7. The first-order chi connectivity index (χ1) is 9.40. The van der Waals surface area contributed by atoms with Gasteiger partial charge in [-0.3, -0.25) is 0 Å². The summed E-state index contributed by atoms with van der Waals surface area (Å²) in [7, 11) is -0.819. The minimum absolute atomic E-state index is 0.184. The van der Waals surface area contributed by atoms with E-state index in [-0.39, 0.29) is 23.2 Å². The maximum absolute atomic E-state index is 12.3. The number of carbonyl (C=O) groups is 1. The fourth-order valence-electron chi connectivity index (χ4n) is 2.04. The van der Waals surface area contributed by atoms with E-state index >= 15 is 0 Å². The van der Waals surface area contributed by atoms with Crippen molar-refractivity contribution in [2.45, 2.75) is 17.2 Å². The second-order valence-corrected chi connectivity index (χ2v) is 7.52. The van der Waals surface area contributed by atoms with E-state index in [0.29, 0.717) is 5.69 Å². The molecule has 0 radical (unpaired) electrons. The third kappa shape index (κ3) is 2.71. The van der Waals surface area contributed by atoms with Crippen LogP contribution in [0.25, 0.3) is 0 Å². The summed E-state index contributed by atoms with van der Waals surface area (Å²) >= 11 is 0.958. The molecule has 20 heavy (non-hydrogen) atoms. The van der Waals surface area contributed by atoms with Crippen LogP contribution in [-0.2, 0) is 24.3 Å². The molecule has 1 aromatic heterocycles. The van der Waals surface area contributed by atoms with Crippen LogP contribution in [0, 0.1) is 12.8 Å². The number of rotatable bonds is 5. The van der Waals surface area contributed by atoms with Crippen LogP contribution in [0.15, 0.2) is 10.3 Å². The fraction of sp³-hybridized carbons (Fsp3) is 0.636. The average Bonchev–Trinajstić information content (AvgIpc) is 2.79. The zero-order valence-electron chi connectivity index (χ0n) is 11.4. The number of hydrogen-bond donors (Lipinski definition) is 0. The number of nitrogens with zero attached hydrogens (tertiary/aromatic N) is 2. The van der Waals surface area contributed by atoms with Gasteiger partial charge in [0.05, 0.1) is 12.8 Å². The Balaban J connectivity index is 2.04. The molecule has 0 amide bonds. The van der Waals surface area contributed by atoms with Gasteiger partial charge >= 0.3 is 5.97 Å². The summed E-state index contributed by atoms with van der Waals surface area (Å²) in [6, 6.07) is 1.54. The summed E-state index contributed by atoms with van der Waals surface area (Å²) in [5.41, 5.74) is 0.676. The van der Waals surface area contributed by atoms with Crippen molar-refractivity contribution in [3.8, 4) is 0 Å². The van der Waals surface area contributed by atoms with Gasteiger partial charge in [-0.1, -0.05) is 0 Å². The van der Waals surface area contributed by atoms with Crippen LogP contribution in [0.3, 0.4) is 0 Å². The highest BCUT2D eigenvalue weighted by atomic mass is 32.2. The Kier molecular flexibility index (Phi) is 4.43. The van der Waals surface area contributed by atoms with E-state index in [9.17, 15) is 13.2 Å². The van der Waals surface area contributed by atoms with Crippen molar-refractivity contribution < 1.29 is 22.7 Å². The molecule has 7 nitrogen and oxygen atoms in total. The Morgan fingerprint density at radius 2 is 2.15 bits per heavy atom. The smallest absolute Gasteiger partial charge is 0.335 e. The minimum Gasteiger partial charge on any atom is -0.467 e. The van der Waals surface area contributed by atoms with E-state index in [1.807, 2.05) is 0 Å². The number of carbonyl (C=O) groups excluding carboxylic acids is 1. The monoisotopic (exact) mass is 320 g/mol. The first kappa shape index (κ1) is 15.4. The Morgan fingerprint density at radius 3 is 2.60 bits per heavy atom. The normalized spacial score (nSPS) is 18.6. The highest BCUT2D eigenvalue weighted by molar-refractivity contribution is 7.91. The molecule has 1 atom stereocenters. The summed E-state index contributed by atoms with van der Waals surface area (Å²) in [5.74, 6) is -0.667. The molecule has 2 rings (SSSR count). The van der Waals surface area contributed by atoms with Gasteiger partial charge in [-0.25, -0.2) is 13.2 Å². The van der Waals surface area contributed by atoms with E-state index in [0.717, 1.165) is 11.5 Å². The average molecular weight is 320 g/mol. The number of ether oxygens (including phenoxy) is 2. The van der Waals surface area contributed by atoms with E-state index < -0.39 is 22.1 Å². The van der Waals surface area contributed by atoms with Gasteiger partial charge in [0, 0.05) is 26.1 Å². The highest BCUT2D eigenvalue weighted by Crippen LogP contribution is 2.30. The quantitative estimate of drug-likeness (QED) is 0.724. The van der Waals surface area contributed by atoms with Crippen LogP contribution < -0.4 is 0 Å². The Hall–Kier alpha value is -1.03. The second-order valence-electron chi connectivity index (χ2n) is 4.55. The molecule has 1 unspecified atom stereocenters. The molecule has 9 heteroatoms. The van der Waals surface area contributed by atoms with E-state index in [1.165, 1.54) is 18.5 Å². The van der Waals surface area contributed by atoms with Gasteiger partial charge in [-0.05, 0) is 24.5 Å². The van der Waals surface area contributed by atoms with Crippen LogP contribution in [0.1, 0.15) is 5.69 Å². The van der Waals surface area contributed by atoms with Crippen LogP contribution in [0.2, 0.25) is 0 Å². The fourth-order valence-corrected chi connectivity index (χ4v) is 4.71. The molecule has 0 aromatic carbocycles. The van der Waals surface area contributed by atoms with Gasteiger partial charge in [-0.15, -0.1) is 0 Å². The van der Waals surface area contributed by atoms with Gasteiger partial charge in [0.15, 0.2) is 10.3 Å². The molecule has 1 aliphatic rings. The van der Waals surface area contributed by atoms with Crippen LogP contribution in [-0.4, -0.2) is 56.5 Å². The van der Waals surface area contributed by atoms with E-state index in [2.05, 4.69) is 9.11 Å². The zero-order valence-corrected chi connectivity index (χ0v) is 13.0. The van der Waals surface area contributed by atoms with Crippen molar-refractivity contribution in [2.75, 3.05) is 27.3 Å². The van der Waals surface area contributed by atoms with Crippen molar-refractivity contribution in [3.63, 3.8) is 0 Å². The molecule has 1 aromatic rings. The molecule has 1 aliphatic heterocycles. The lowest BCUT2D eigenvalue weighted by atomic mass is 9.96. The largest absolute Gasteiger partial charge is 0.467 e. The van der Waals surface area contributed by atoms with Crippen molar-refractivity contribution in [2.24, 2.45) is 5.92 Å². The van der Waals surface area contributed by atoms with Crippen LogP contribution in [0.5, 0.6) is 0 Å². The van der Waals surface area contributed by atoms with Crippen LogP contribution in [0.4, 0.5) is 0 Å². The molecular formula is C11H16N2O5S2. The predicted molar refractivity (Wildman–Crippen MR) is 71.9 cm³/mol. The highest BCUT2D eigenvalue weighted by Gasteiger charge is 2.44. The molecule has 2 heterocycles. The van der Waals surface area contributed by atoms with Gasteiger partial charge in [0.1, 0.15) is 0 Å². The molecule has 0 aliphatic carbocycles. The topological polar surface area (TPSA) is 85.8 Å². The number of aryl methyl sites for hydroxylation is 1. The molecule has 1 fully saturated rings. The van der Waals surface area contributed by atoms with Crippen molar-refractivity contribution in [3.05, 3.63) is 11.8 Å². The maximum Gasteiger partial charge on any atom is 0.335 e. The van der Waals surface area contributed by atoms with Gasteiger partial charge in [0.2, 0.25) is 0 Å². The molecule has 1 saturated heterocycles. The zero-order chi connectivity index (χ0) is 14.9. The summed E-state index contributed by atoms with van der Waals surface area (Å²) in [6.45, 7) is 2.23. The van der Waals surface area contributed by atoms with Crippen LogP contribution >= 0.6 is 11.5 Å². The summed E-state index contributed by atoms with van der Waals surface area (Å²) in [5, 5.41) is 0. The molecule has 0 spiro atoms. The Labute approximate surface area is 121 Å². The standard InChI is InChI=1S/C11H16N2O5S2/c1-7-4-9(19-12-7)20(15,16)13-5-8(6-13)10(17-2)11(14)18-3/h4,8,10H,5-6H2,1-3H3. The Bertz CT molecular complexity index is 592. The first-order valence-corrected chi connectivity index (χ1v) is 8.15. The molecule has 112 valence electrons. The predicted octanol–water partition coefficient (Wildman–Crippen LogP) is 0.260. The third-order valence-electron chi connectivity index (χ3n) is 3.19. The summed E-state index contributed by atoms with van der Waals surface area (Å²) in [4.78, 5) is 11.5. The number of esters is 1. The number of aromatic nitrogens is 1. The lowest BCUT2D eigenvalue weighted by Crippen LogP contribution is -2.56.